The van der Waals surface area contributed by atoms with Crippen molar-refractivity contribution in [2.45, 2.75) is 32.9 Å². The molecule has 0 aliphatic carbocycles. The van der Waals surface area contributed by atoms with Crippen molar-refractivity contribution in [1.82, 2.24) is 25.2 Å². The third-order valence-corrected chi connectivity index (χ3v) is 2.75. The van der Waals surface area contributed by atoms with E-state index in [9.17, 15) is 0 Å². The maximum atomic E-state index is 5.57. The van der Waals surface area contributed by atoms with Gasteiger partial charge in [0.25, 0.3) is 0 Å². The molecule has 0 aliphatic rings. The Labute approximate surface area is 100 Å². The van der Waals surface area contributed by atoms with Crippen LogP contribution in [0.5, 0.6) is 0 Å². The molecule has 1 unspecified atom stereocenters. The Morgan fingerprint density at radius 3 is 3.00 bits per heavy atom. The lowest BCUT2D eigenvalue weighted by atomic mass is 10.1. The van der Waals surface area contributed by atoms with E-state index in [0.717, 1.165) is 30.2 Å². The third-order valence-electron chi connectivity index (χ3n) is 2.75. The van der Waals surface area contributed by atoms with E-state index in [2.05, 4.69) is 33.5 Å². The molecule has 0 aliphatic heterocycles. The standard InChI is InChI=1S/C11H18N6/c1-3-17-9(6-8(2)16-17)7-10(15-12)11-13-4-5-14-11/h4-6,10,15H,3,7,12H2,1-2H3,(H,13,14). The highest BCUT2D eigenvalue weighted by Crippen LogP contribution is 2.15. The Bertz CT molecular complexity index is 458. The summed E-state index contributed by atoms with van der Waals surface area (Å²) < 4.78 is 1.99. The lowest BCUT2D eigenvalue weighted by Gasteiger charge is -2.13. The van der Waals surface area contributed by atoms with E-state index >= 15 is 0 Å². The minimum atomic E-state index is -0.0219. The first-order chi connectivity index (χ1) is 8.24. The summed E-state index contributed by atoms with van der Waals surface area (Å²) in [5.74, 6) is 6.41. The minimum Gasteiger partial charge on any atom is -0.347 e. The molecule has 2 aromatic rings. The Morgan fingerprint density at radius 1 is 1.59 bits per heavy atom. The van der Waals surface area contributed by atoms with Gasteiger partial charge < -0.3 is 4.98 Å². The zero-order valence-electron chi connectivity index (χ0n) is 10.1. The molecule has 2 heterocycles. The molecule has 92 valence electrons. The predicted octanol–water partition coefficient (Wildman–Crippen LogP) is 0.682. The van der Waals surface area contributed by atoms with Gasteiger partial charge in [0.15, 0.2) is 0 Å². The fourth-order valence-electron chi connectivity index (χ4n) is 1.95. The molecule has 0 amide bonds. The molecule has 0 aromatic carbocycles. The highest BCUT2D eigenvalue weighted by Gasteiger charge is 2.15. The molecule has 0 saturated heterocycles. The summed E-state index contributed by atoms with van der Waals surface area (Å²) in [6, 6.07) is 2.06. The summed E-state index contributed by atoms with van der Waals surface area (Å²) >= 11 is 0. The van der Waals surface area contributed by atoms with Gasteiger partial charge in [0.05, 0.1) is 11.7 Å². The van der Waals surface area contributed by atoms with E-state index in [0.29, 0.717) is 0 Å². The van der Waals surface area contributed by atoms with Crippen LogP contribution in [0.1, 0.15) is 30.2 Å². The Hall–Kier alpha value is -1.66. The van der Waals surface area contributed by atoms with Crippen LogP contribution in [0.4, 0.5) is 0 Å². The van der Waals surface area contributed by atoms with Gasteiger partial charge in [0.2, 0.25) is 0 Å². The second kappa shape index (κ2) is 5.11. The van der Waals surface area contributed by atoms with Crippen molar-refractivity contribution in [2.24, 2.45) is 5.84 Å². The predicted molar refractivity (Wildman–Crippen MR) is 65.0 cm³/mol. The summed E-state index contributed by atoms with van der Waals surface area (Å²) in [7, 11) is 0. The lowest BCUT2D eigenvalue weighted by Crippen LogP contribution is -2.31. The fourth-order valence-corrected chi connectivity index (χ4v) is 1.95. The van der Waals surface area contributed by atoms with E-state index in [1.165, 1.54) is 0 Å². The van der Waals surface area contributed by atoms with Gasteiger partial charge in [-0.3, -0.25) is 10.5 Å². The molecule has 17 heavy (non-hydrogen) atoms. The van der Waals surface area contributed by atoms with Crippen LogP contribution in [0.2, 0.25) is 0 Å². The number of aryl methyl sites for hydroxylation is 2. The molecule has 0 spiro atoms. The normalized spacial score (nSPS) is 12.9. The first kappa shape index (κ1) is 11.8. The molecule has 0 saturated carbocycles. The molecular formula is C11H18N6. The number of nitrogens with zero attached hydrogens (tertiary/aromatic N) is 3. The Morgan fingerprint density at radius 2 is 2.41 bits per heavy atom. The van der Waals surface area contributed by atoms with Crippen LogP contribution in [-0.4, -0.2) is 19.7 Å². The van der Waals surface area contributed by atoms with Crippen LogP contribution < -0.4 is 11.3 Å². The quantitative estimate of drug-likeness (QED) is 0.524. The molecule has 0 radical (unpaired) electrons. The van der Waals surface area contributed by atoms with E-state index in [1.807, 2.05) is 11.6 Å². The van der Waals surface area contributed by atoms with Gasteiger partial charge in [-0.1, -0.05) is 0 Å². The van der Waals surface area contributed by atoms with E-state index in [1.54, 1.807) is 12.4 Å². The highest BCUT2D eigenvalue weighted by molar-refractivity contribution is 5.12. The minimum absolute atomic E-state index is 0.0219. The van der Waals surface area contributed by atoms with Crippen molar-refractivity contribution in [3.8, 4) is 0 Å². The zero-order valence-corrected chi connectivity index (χ0v) is 10.1. The number of nitrogens with one attached hydrogen (secondary N) is 2. The summed E-state index contributed by atoms with van der Waals surface area (Å²) in [6.07, 6.45) is 4.28. The van der Waals surface area contributed by atoms with Crippen molar-refractivity contribution < 1.29 is 0 Å². The SMILES string of the molecule is CCn1nc(C)cc1CC(NN)c1ncc[nH]1. The Kier molecular flexibility index (Phi) is 3.55. The summed E-state index contributed by atoms with van der Waals surface area (Å²) in [4.78, 5) is 7.29. The average molecular weight is 234 g/mol. The van der Waals surface area contributed by atoms with E-state index < -0.39 is 0 Å². The highest BCUT2D eigenvalue weighted by atomic mass is 15.3. The van der Waals surface area contributed by atoms with Crippen molar-refractivity contribution in [3.05, 3.63) is 35.7 Å². The number of imidazole rings is 1. The first-order valence-electron chi connectivity index (χ1n) is 5.73. The largest absolute Gasteiger partial charge is 0.347 e. The molecule has 6 nitrogen and oxygen atoms in total. The maximum absolute atomic E-state index is 5.57. The summed E-state index contributed by atoms with van der Waals surface area (Å²) in [5, 5.41) is 4.42. The van der Waals surface area contributed by atoms with Crippen molar-refractivity contribution in [2.75, 3.05) is 0 Å². The van der Waals surface area contributed by atoms with Gasteiger partial charge in [-0.2, -0.15) is 5.10 Å². The smallest absolute Gasteiger partial charge is 0.124 e. The van der Waals surface area contributed by atoms with E-state index in [4.69, 9.17) is 5.84 Å². The van der Waals surface area contributed by atoms with Gasteiger partial charge in [0.1, 0.15) is 5.82 Å². The molecule has 6 heteroatoms. The van der Waals surface area contributed by atoms with Crippen LogP contribution in [0.25, 0.3) is 0 Å². The second-order valence-electron chi connectivity index (χ2n) is 3.99. The van der Waals surface area contributed by atoms with Gasteiger partial charge in [-0.05, 0) is 19.9 Å². The van der Waals surface area contributed by atoms with Gasteiger partial charge in [-0.25, -0.2) is 10.4 Å². The third kappa shape index (κ3) is 2.54. The number of aromatic amines is 1. The number of aromatic nitrogens is 4. The zero-order chi connectivity index (χ0) is 12.3. The van der Waals surface area contributed by atoms with Crippen LogP contribution in [0.15, 0.2) is 18.5 Å². The van der Waals surface area contributed by atoms with Gasteiger partial charge in [-0.15, -0.1) is 0 Å². The molecule has 4 N–H and O–H groups in total. The lowest BCUT2D eigenvalue weighted by molar-refractivity contribution is 0.499. The topological polar surface area (TPSA) is 84.6 Å². The number of hydrogen-bond donors (Lipinski definition) is 3. The monoisotopic (exact) mass is 234 g/mol. The molecule has 2 aromatic heterocycles. The van der Waals surface area contributed by atoms with Crippen LogP contribution in [0.3, 0.4) is 0 Å². The second-order valence-corrected chi connectivity index (χ2v) is 3.99. The molecule has 0 bridgehead atoms. The Balaban J connectivity index is 2.18. The van der Waals surface area contributed by atoms with Crippen molar-refractivity contribution in [3.63, 3.8) is 0 Å². The molecular weight excluding hydrogens is 216 g/mol. The van der Waals surface area contributed by atoms with Gasteiger partial charge >= 0.3 is 0 Å². The summed E-state index contributed by atoms with van der Waals surface area (Å²) in [5.41, 5.74) is 4.96. The van der Waals surface area contributed by atoms with Crippen LogP contribution in [-0.2, 0) is 13.0 Å². The van der Waals surface area contributed by atoms with Crippen LogP contribution in [0, 0.1) is 6.92 Å². The first-order valence-corrected chi connectivity index (χ1v) is 5.73. The number of rotatable bonds is 5. The maximum Gasteiger partial charge on any atom is 0.124 e. The number of hydrogen-bond acceptors (Lipinski definition) is 4. The molecule has 1 atom stereocenters. The number of hydrazine groups is 1. The van der Waals surface area contributed by atoms with Gasteiger partial charge in [0, 0.05) is 31.1 Å². The van der Waals surface area contributed by atoms with Crippen molar-refractivity contribution >= 4 is 0 Å². The van der Waals surface area contributed by atoms with Crippen LogP contribution >= 0.6 is 0 Å². The summed E-state index contributed by atoms with van der Waals surface area (Å²) in [6.45, 7) is 4.93. The number of nitrogens with two attached hydrogens (primary N) is 1. The number of H-pyrrole nitrogens is 1. The molecule has 2 rings (SSSR count). The fraction of sp³-hybridized carbons (Fsp3) is 0.455. The van der Waals surface area contributed by atoms with E-state index in [-0.39, 0.29) is 6.04 Å². The van der Waals surface area contributed by atoms with Crippen molar-refractivity contribution in [1.29, 1.82) is 0 Å². The molecule has 0 fully saturated rings. The average Bonchev–Trinajstić information content (AvgIpc) is 2.94.